The third-order valence-electron chi connectivity index (χ3n) is 2.58. The molecule has 0 aliphatic carbocycles. The zero-order chi connectivity index (χ0) is 8.43. The van der Waals surface area contributed by atoms with Gasteiger partial charge < -0.3 is 0 Å². The van der Waals surface area contributed by atoms with Gasteiger partial charge in [0, 0.05) is 6.42 Å². The highest BCUT2D eigenvalue weighted by Crippen LogP contribution is 2.25. The van der Waals surface area contributed by atoms with Crippen molar-refractivity contribution in [3.05, 3.63) is 0 Å². The van der Waals surface area contributed by atoms with Gasteiger partial charge in [0.05, 0.1) is 6.54 Å². The number of carbonyl (C=O) groups is 1. The van der Waals surface area contributed by atoms with Crippen LogP contribution in [0.15, 0.2) is 0 Å². The Morgan fingerprint density at radius 2 is 2.45 bits per heavy atom. The molecule has 1 N–H and O–H groups in total. The second kappa shape index (κ2) is 3.22. The Hall–Kier alpha value is -0.570. The molecule has 1 aliphatic rings. The highest BCUT2D eigenvalue weighted by Gasteiger charge is 2.31. The average Bonchev–Trinajstić information content (AvgIpc) is 2.31. The Balaban J connectivity index is 2.46. The largest absolute Gasteiger partial charge is 0.286 e. The summed E-state index contributed by atoms with van der Waals surface area (Å²) < 4.78 is 0. The van der Waals surface area contributed by atoms with Crippen LogP contribution in [0.4, 0.5) is 0 Å². The van der Waals surface area contributed by atoms with Gasteiger partial charge in [-0.1, -0.05) is 20.3 Å². The lowest BCUT2D eigenvalue weighted by Gasteiger charge is -2.14. The second-order valence-corrected chi connectivity index (χ2v) is 3.33. The molecule has 0 aromatic rings. The van der Waals surface area contributed by atoms with E-state index in [1.165, 1.54) is 0 Å². The monoisotopic (exact) mass is 157 g/mol. The van der Waals surface area contributed by atoms with Crippen molar-refractivity contribution in [3.8, 4) is 0 Å². The van der Waals surface area contributed by atoms with Gasteiger partial charge in [-0.05, 0) is 11.8 Å². The lowest BCUT2D eigenvalue weighted by Crippen LogP contribution is -2.21. The van der Waals surface area contributed by atoms with Crippen LogP contribution in [-0.2, 0) is 4.79 Å². The first-order chi connectivity index (χ1) is 5.15. The van der Waals surface area contributed by atoms with Crippen LogP contribution in [0.2, 0.25) is 0 Å². The standard InChI is InChI=1S/C8H15NO2/c1-3-6(2)7-4-8(10)9(11)5-7/h6-7,11H,3-5H2,1-2H3. The van der Waals surface area contributed by atoms with E-state index in [9.17, 15) is 4.79 Å². The second-order valence-electron chi connectivity index (χ2n) is 3.33. The van der Waals surface area contributed by atoms with Crippen LogP contribution < -0.4 is 0 Å². The molecule has 1 fully saturated rings. The summed E-state index contributed by atoms with van der Waals surface area (Å²) in [6, 6.07) is 0. The summed E-state index contributed by atoms with van der Waals surface area (Å²) in [4.78, 5) is 10.9. The van der Waals surface area contributed by atoms with Gasteiger partial charge in [-0.2, -0.15) is 0 Å². The molecule has 11 heavy (non-hydrogen) atoms. The van der Waals surface area contributed by atoms with Crippen molar-refractivity contribution in [2.75, 3.05) is 6.54 Å². The molecular weight excluding hydrogens is 142 g/mol. The topological polar surface area (TPSA) is 40.5 Å². The summed E-state index contributed by atoms with van der Waals surface area (Å²) in [5, 5.41) is 9.84. The van der Waals surface area contributed by atoms with Gasteiger partial charge in [0.15, 0.2) is 0 Å². The first-order valence-electron chi connectivity index (χ1n) is 4.14. The maximum atomic E-state index is 10.9. The molecule has 1 rings (SSSR count). The Bertz CT molecular complexity index is 158. The highest BCUT2D eigenvalue weighted by atomic mass is 16.5. The summed E-state index contributed by atoms with van der Waals surface area (Å²) >= 11 is 0. The predicted octanol–water partition coefficient (Wildman–Crippen LogP) is 1.27. The average molecular weight is 157 g/mol. The van der Waals surface area contributed by atoms with Crippen molar-refractivity contribution < 1.29 is 10.0 Å². The van der Waals surface area contributed by atoms with E-state index in [-0.39, 0.29) is 5.91 Å². The van der Waals surface area contributed by atoms with Crippen LogP contribution in [0, 0.1) is 11.8 Å². The molecule has 1 aliphatic heterocycles. The number of amides is 1. The molecular formula is C8H15NO2. The van der Waals surface area contributed by atoms with E-state index < -0.39 is 0 Å². The van der Waals surface area contributed by atoms with Crippen LogP contribution in [-0.4, -0.2) is 22.7 Å². The minimum absolute atomic E-state index is 0.129. The van der Waals surface area contributed by atoms with Gasteiger partial charge in [0.25, 0.3) is 0 Å². The predicted molar refractivity (Wildman–Crippen MR) is 41.1 cm³/mol. The third kappa shape index (κ3) is 1.71. The first kappa shape index (κ1) is 8.53. The van der Waals surface area contributed by atoms with Gasteiger partial charge in [-0.15, -0.1) is 0 Å². The Kier molecular flexibility index (Phi) is 2.49. The minimum Gasteiger partial charge on any atom is -0.286 e. The maximum Gasteiger partial charge on any atom is 0.246 e. The summed E-state index contributed by atoms with van der Waals surface area (Å²) in [5.74, 6) is 0.768. The molecule has 1 saturated heterocycles. The van der Waals surface area contributed by atoms with Crippen molar-refractivity contribution in [1.29, 1.82) is 0 Å². The fourth-order valence-corrected chi connectivity index (χ4v) is 1.43. The smallest absolute Gasteiger partial charge is 0.246 e. The quantitative estimate of drug-likeness (QED) is 0.613. The van der Waals surface area contributed by atoms with Crippen LogP contribution in [0.3, 0.4) is 0 Å². The van der Waals surface area contributed by atoms with E-state index >= 15 is 0 Å². The fourth-order valence-electron chi connectivity index (χ4n) is 1.43. The van der Waals surface area contributed by atoms with Gasteiger partial charge >= 0.3 is 0 Å². The van der Waals surface area contributed by atoms with Crippen molar-refractivity contribution >= 4 is 5.91 Å². The lowest BCUT2D eigenvalue weighted by atomic mass is 9.91. The molecule has 3 nitrogen and oxygen atoms in total. The number of hydroxylamine groups is 2. The normalized spacial score (nSPS) is 27.7. The summed E-state index contributed by atoms with van der Waals surface area (Å²) in [6.45, 7) is 4.75. The number of rotatable bonds is 2. The maximum absolute atomic E-state index is 10.9. The number of carbonyl (C=O) groups excluding carboxylic acids is 1. The first-order valence-corrected chi connectivity index (χ1v) is 4.14. The fraction of sp³-hybridized carbons (Fsp3) is 0.875. The minimum atomic E-state index is -0.129. The Morgan fingerprint density at radius 3 is 2.82 bits per heavy atom. The molecule has 0 aromatic heterocycles. The van der Waals surface area contributed by atoms with E-state index in [1.54, 1.807) is 0 Å². The van der Waals surface area contributed by atoms with Crippen molar-refractivity contribution in [1.82, 2.24) is 5.06 Å². The van der Waals surface area contributed by atoms with Crippen molar-refractivity contribution in [3.63, 3.8) is 0 Å². The molecule has 2 atom stereocenters. The molecule has 64 valence electrons. The van der Waals surface area contributed by atoms with Gasteiger partial charge in [0.1, 0.15) is 0 Å². The van der Waals surface area contributed by atoms with Crippen LogP contribution in [0.1, 0.15) is 26.7 Å². The van der Waals surface area contributed by atoms with E-state index in [1.807, 2.05) is 0 Å². The third-order valence-corrected chi connectivity index (χ3v) is 2.58. The zero-order valence-electron chi connectivity index (χ0n) is 7.08. The Morgan fingerprint density at radius 1 is 1.82 bits per heavy atom. The summed E-state index contributed by atoms with van der Waals surface area (Å²) in [6.07, 6.45) is 1.59. The van der Waals surface area contributed by atoms with E-state index in [4.69, 9.17) is 5.21 Å². The number of nitrogens with zero attached hydrogens (tertiary/aromatic N) is 1. The summed E-state index contributed by atoms with van der Waals surface area (Å²) in [5.41, 5.74) is 0. The Labute approximate surface area is 67.0 Å². The number of hydrogen-bond donors (Lipinski definition) is 1. The highest BCUT2D eigenvalue weighted by molar-refractivity contribution is 5.77. The van der Waals surface area contributed by atoms with Crippen LogP contribution >= 0.6 is 0 Å². The van der Waals surface area contributed by atoms with Crippen LogP contribution in [0.25, 0.3) is 0 Å². The molecule has 0 aromatic carbocycles. The van der Waals surface area contributed by atoms with Crippen molar-refractivity contribution in [2.45, 2.75) is 26.7 Å². The molecule has 0 saturated carbocycles. The van der Waals surface area contributed by atoms with Crippen LogP contribution in [0.5, 0.6) is 0 Å². The van der Waals surface area contributed by atoms with Gasteiger partial charge in [-0.25, -0.2) is 5.06 Å². The zero-order valence-corrected chi connectivity index (χ0v) is 7.08. The number of hydrogen-bond acceptors (Lipinski definition) is 2. The van der Waals surface area contributed by atoms with Gasteiger partial charge in [0.2, 0.25) is 5.91 Å². The summed E-state index contributed by atoms with van der Waals surface area (Å²) in [7, 11) is 0. The SMILES string of the molecule is CCC(C)C1CC(=O)N(O)C1. The molecule has 0 bridgehead atoms. The van der Waals surface area contributed by atoms with E-state index in [0.29, 0.717) is 24.8 Å². The molecule has 2 unspecified atom stereocenters. The molecule has 0 spiro atoms. The van der Waals surface area contributed by atoms with E-state index in [0.717, 1.165) is 11.5 Å². The molecule has 0 radical (unpaired) electrons. The molecule has 3 heteroatoms. The van der Waals surface area contributed by atoms with Gasteiger partial charge in [-0.3, -0.25) is 10.0 Å². The van der Waals surface area contributed by atoms with Crippen molar-refractivity contribution in [2.24, 2.45) is 11.8 Å². The lowest BCUT2D eigenvalue weighted by molar-refractivity contribution is -0.157. The van der Waals surface area contributed by atoms with E-state index in [2.05, 4.69) is 13.8 Å². The molecule has 1 amide bonds. The molecule has 1 heterocycles.